The van der Waals surface area contributed by atoms with Crippen LogP contribution in [0.5, 0.6) is 0 Å². The van der Waals surface area contributed by atoms with E-state index in [0.29, 0.717) is 0 Å². The number of hydrogen-bond donors (Lipinski definition) is 0. The van der Waals surface area contributed by atoms with E-state index in [1.54, 1.807) is 0 Å². The number of nitrogens with zero attached hydrogens (tertiary/aromatic N) is 3. The van der Waals surface area contributed by atoms with Gasteiger partial charge in [0.2, 0.25) is 0 Å². The van der Waals surface area contributed by atoms with Crippen LogP contribution in [0.2, 0.25) is 0 Å². The van der Waals surface area contributed by atoms with Gasteiger partial charge in [-0.25, -0.2) is 0 Å². The van der Waals surface area contributed by atoms with Crippen LogP contribution in [0, 0.1) is 0 Å². The molecule has 0 N–H and O–H groups in total. The van der Waals surface area contributed by atoms with Gasteiger partial charge in [-0.05, 0) is 54.1 Å². The number of fused-ring (bicyclic) bond motifs is 3. The third-order valence-corrected chi connectivity index (χ3v) is 5.91. The molecule has 6 aromatic rings. The van der Waals surface area contributed by atoms with Gasteiger partial charge in [0.05, 0.1) is 11.0 Å². The number of rotatable bonds is 4. The summed E-state index contributed by atoms with van der Waals surface area (Å²) in [6.45, 7) is 0. The second-order valence-electron chi connectivity index (χ2n) is 7.99. The average Bonchev–Trinajstić information content (AvgIpc) is 2.95. The fraction of sp³-hybridized carbons (Fsp3) is 0. The van der Waals surface area contributed by atoms with Crippen molar-refractivity contribution in [1.82, 2.24) is 9.97 Å². The zero-order chi connectivity index (χ0) is 24.0. The van der Waals surface area contributed by atoms with Crippen molar-refractivity contribution in [2.24, 2.45) is 0 Å². The minimum Gasteiger partial charge on any atom is -0.311 e. The Morgan fingerprint density at radius 1 is 0.514 bits per heavy atom. The molecule has 0 fully saturated rings. The van der Waals surface area contributed by atoms with Gasteiger partial charge < -0.3 is 4.90 Å². The van der Waals surface area contributed by atoms with E-state index in [0.717, 1.165) is 50.0 Å². The van der Waals surface area contributed by atoms with E-state index in [-0.39, 0.29) is 0 Å². The van der Waals surface area contributed by atoms with Crippen LogP contribution in [-0.2, 0) is 18.2 Å². The number of para-hydroxylation sites is 2. The van der Waals surface area contributed by atoms with Crippen molar-refractivity contribution in [2.45, 2.75) is 0 Å². The van der Waals surface area contributed by atoms with E-state index in [1.165, 1.54) is 18.2 Å². The van der Waals surface area contributed by atoms with Crippen molar-refractivity contribution in [1.29, 1.82) is 0 Å². The van der Waals surface area contributed by atoms with Crippen molar-refractivity contribution in [3.63, 3.8) is 0 Å². The molecule has 0 bridgehead atoms. The van der Waals surface area contributed by atoms with Crippen LogP contribution in [0.3, 0.4) is 0 Å². The Kier molecular flexibility index (Phi) is 7.16. The van der Waals surface area contributed by atoms with Crippen LogP contribution in [-0.4, -0.2) is 9.97 Å². The molecule has 35 heavy (non-hydrogen) atoms. The first-order valence-corrected chi connectivity index (χ1v) is 14.5. The zero-order valence-corrected chi connectivity index (χ0v) is 22.2. The molecule has 6 rings (SSSR count). The smallest absolute Gasteiger partial charge is 0.0964 e. The summed E-state index contributed by atoms with van der Waals surface area (Å²) in [5, 5.41) is 2.20. The van der Waals surface area contributed by atoms with Crippen LogP contribution in [0.1, 0.15) is 0 Å². The average molecular weight is 645 g/mol. The van der Waals surface area contributed by atoms with E-state index in [1.807, 2.05) is 30.6 Å². The summed E-state index contributed by atoms with van der Waals surface area (Å²) in [5.74, 6) is 0. The van der Waals surface area contributed by atoms with Crippen LogP contribution in [0.25, 0.3) is 32.9 Å². The Morgan fingerprint density at radius 2 is 1.09 bits per heavy atom. The first-order chi connectivity index (χ1) is 17.4. The second-order valence-corrected chi connectivity index (χ2v) is 7.99. The Labute approximate surface area is 219 Å². The topological polar surface area (TPSA) is 29.0 Å². The Hall–Kier alpha value is -3.55. The zero-order valence-electron chi connectivity index (χ0n) is 18.7. The van der Waals surface area contributed by atoms with Crippen molar-refractivity contribution in [3.8, 4) is 11.1 Å². The second kappa shape index (κ2) is 10.8. The summed E-state index contributed by atoms with van der Waals surface area (Å²) >= 11 is 1.19. The quantitative estimate of drug-likeness (QED) is 0.180. The number of anilines is 3. The van der Waals surface area contributed by atoms with E-state index >= 15 is 0 Å². The van der Waals surface area contributed by atoms with Crippen LogP contribution >= 0.6 is 9.53 Å². The third-order valence-electron chi connectivity index (χ3n) is 5.91. The molecule has 4 aromatic carbocycles. The van der Waals surface area contributed by atoms with E-state index in [4.69, 9.17) is 14.5 Å². The molecule has 2 heterocycles. The molecule has 0 radical (unpaired) electrons. The maximum atomic E-state index is 4.77. The molecule has 3 nitrogen and oxygen atoms in total. The molecular formula is C30H21ClN3Re. The number of hydrogen-bond acceptors (Lipinski definition) is 3. The summed E-state index contributed by atoms with van der Waals surface area (Å²) in [6.07, 6.45) is 3.76. The normalized spacial score (nSPS) is 10.6. The SMILES string of the molecule is [Cl][Re].c1ccc(N(c2ccccc2)c2ccc(-c3cnc4c(ccc5cccnc54)c3)cc2)cc1. The Balaban J connectivity index is 0.00000124. The van der Waals surface area contributed by atoms with Gasteiger partial charge in [0.15, 0.2) is 0 Å². The molecule has 2 aromatic heterocycles. The summed E-state index contributed by atoms with van der Waals surface area (Å²) in [6, 6.07) is 40.0. The van der Waals surface area contributed by atoms with Crippen molar-refractivity contribution in [2.75, 3.05) is 4.90 Å². The van der Waals surface area contributed by atoms with Gasteiger partial charge >= 0.3 is 27.7 Å². The molecular weight excluding hydrogens is 624 g/mol. The summed E-state index contributed by atoms with van der Waals surface area (Å²) in [5.41, 5.74) is 7.48. The van der Waals surface area contributed by atoms with Crippen molar-refractivity contribution in [3.05, 3.63) is 128 Å². The fourth-order valence-electron chi connectivity index (χ4n) is 4.30. The summed E-state index contributed by atoms with van der Waals surface area (Å²) in [7, 11) is 4.69. The molecule has 0 aliphatic rings. The fourth-order valence-corrected chi connectivity index (χ4v) is 4.30. The molecule has 0 amide bonds. The molecule has 0 atom stereocenters. The molecule has 0 aliphatic heterocycles. The predicted molar refractivity (Wildman–Crippen MR) is 143 cm³/mol. The number of halogens is 1. The number of benzene rings is 4. The minimum atomic E-state index is 0.938. The Bertz CT molecular complexity index is 1520. The predicted octanol–water partition coefficient (Wildman–Crippen LogP) is 8.61. The molecule has 0 saturated heterocycles. The molecule has 0 saturated carbocycles. The van der Waals surface area contributed by atoms with Crippen LogP contribution in [0.15, 0.2) is 128 Å². The van der Waals surface area contributed by atoms with E-state index < -0.39 is 0 Å². The van der Waals surface area contributed by atoms with Gasteiger partial charge in [-0.3, -0.25) is 9.97 Å². The monoisotopic (exact) mass is 645 g/mol. The van der Waals surface area contributed by atoms with Crippen molar-refractivity contribution >= 4 is 48.4 Å². The van der Waals surface area contributed by atoms with Gasteiger partial charge in [0, 0.05) is 45.8 Å². The largest absolute Gasteiger partial charge is 0.311 e. The van der Waals surface area contributed by atoms with Crippen LogP contribution < -0.4 is 4.90 Å². The molecule has 0 spiro atoms. The van der Waals surface area contributed by atoms with Gasteiger partial charge in [0.25, 0.3) is 0 Å². The maximum absolute atomic E-state index is 4.77. The molecule has 170 valence electrons. The standard InChI is InChI=1S/C30H21N3.ClH.Re/c1-3-9-26(10-4-1)33(27-11-5-2-6-12-27)28-17-15-22(16-18-28)25-20-24-14-13-23-8-7-19-31-29(23)30(24)32-21-25;;/h1-21H;1H;/q;;+1/p-1. The molecule has 5 heteroatoms. The maximum Gasteiger partial charge on any atom is 0.0964 e. The van der Waals surface area contributed by atoms with Gasteiger partial charge in [-0.15, -0.1) is 0 Å². The van der Waals surface area contributed by atoms with Gasteiger partial charge in [-0.2, -0.15) is 0 Å². The van der Waals surface area contributed by atoms with Gasteiger partial charge in [-0.1, -0.05) is 66.7 Å². The summed E-state index contributed by atoms with van der Waals surface area (Å²) in [4.78, 5) is 11.6. The first kappa shape index (κ1) is 23.2. The van der Waals surface area contributed by atoms with Crippen LogP contribution in [0.4, 0.5) is 17.1 Å². The summed E-state index contributed by atoms with van der Waals surface area (Å²) < 4.78 is 0. The first-order valence-electron chi connectivity index (χ1n) is 11.2. The number of pyridine rings is 2. The van der Waals surface area contributed by atoms with Gasteiger partial charge in [0.1, 0.15) is 0 Å². The third kappa shape index (κ3) is 4.83. The Morgan fingerprint density at radius 3 is 1.74 bits per heavy atom. The molecule has 0 unspecified atom stereocenters. The molecule has 0 aliphatic carbocycles. The minimum absolute atomic E-state index is 0.938. The van der Waals surface area contributed by atoms with E-state index in [9.17, 15) is 0 Å². The van der Waals surface area contributed by atoms with Crippen molar-refractivity contribution < 1.29 is 18.2 Å². The number of aromatic nitrogens is 2. The van der Waals surface area contributed by atoms with E-state index in [2.05, 4.69) is 107 Å².